The van der Waals surface area contributed by atoms with Crippen molar-refractivity contribution in [2.45, 2.75) is 69.4 Å². The number of piperidine rings is 4. The lowest BCUT2D eigenvalue weighted by Crippen LogP contribution is -2.51. The van der Waals surface area contributed by atoms with Crippen molar-refractivity contribution in [2.75, 3.05) is 56.4 Å². The number of nitrogens with one attached hydrogen (secondary N) is 3. The van der Waals surface area contributed by atoms with Gasteiger partial charge in [-0.3, -0.25) is 24.3 Å². The van der Waals surface area contributed by atoms with Gasteiger partial charge in [-0.1, -0.05) is 24.3 Å². The van der Waals surface area contributed by atoms with Crippen molar-refractivity contribution in [3.63, 3.8) is 0 Å². The fraction of sp³-hybridized carbons (Fsp3) is 0.442. The van der Waals surface area contributed by atoms with Crippen LogP contribution >= 0.6 is 0 Å². The molecular weight excluding hydrogens is 745 g/mol. The predicted molar refractivity (Wildman–Crippen MR) is 216 cm³/mol. The number of anilines is 2. The van der Waals surface area contributed by atoms with Gasteiger partial charge >= 0.3 is 6.03 Å². The number of halogens is 2. The number of rotatable bonds is 9. The molecule has 4 fully saturated rings. The third-order valence-corrected chi connectivity index (χ3v) is 12.1. The van der Waals surface area contributed by atoms with Crippen LogP contribution in [0.25, 0.3) is 16.9 Å². The summed E-state index contributed by atoms with van der Waals surface area (Å²) in [4.78, 5) is 64.5. The van der Waals surface area contributed by atoms with Crippen molar-refractivity contribution < 1.29 is 23.2 Å². The number of imide groups is 1. The molecule has 1 unspecified atom stereocenters. The molecule has 2 aromatic carbocycles. The number of hydrogen-bond acceptors (Lipinski definition) is 9. The van der Waals surface area contributed by atoms with E-state index in [9.17, 15) is 23.6 Å². The second-order valence-corrected chi connectivity index (χ2v) is 15.9. The molecule has 15 heteroatoms. The summed E-state index contributed by atoms with van der Waals surface area (Å²) in [7, 11) is 0. The first-order valence-electron chi connectivity index (χ1n) is 20.4. The van der Waals surface area contributed by atoms with E-state index < -0.39 is 11.9 Å². The summed E-state index contributed by atoms with van der Waals surface area (Å²) in [5, 5.41) is 8.73. The SMILES string of the molecule is O=C1CCC(Nc2ccc(C3CCN(CC4CCN(C(=O)N5CCC(Nc6ncc(F)c(-c7cccc(-n8ccccc8=O)c7)n6)CC5)CC4)CC3)c(F)c2)C(=O)N1. The highest BCUT2D eigenvalue weighted by atomic mass is 19.1. The fourth-order valence-electron chi connectivity index (χ4n) is 8.76. The molecule has 13 nitrogen and oxygen atoms in total. The van der Waals surface area contributed by atoms with Crippen LogP contribution < -0.4 is 21.5 Å². The lowest BCUT2D eigenvalue weighted by Gasteiger charge is -2.40. The third kappa shape index (κ3) is 9.04. The van der Waals surface area contributed by atoms with Gasteiger partial charge in [-0.25, -0.2) is 23.5 Å². The molecule has 6 heterocycles. The number of aromatic nitrogens is 3. The zero-order valence-electron chi connectivity index (χ0n) is 32.4. The minimum Gasteiger partial charge on any atom is -0.374 e. The maximum Gasteiger partial charge on any atom is 0.320 e. The van der Waals surface area contributed by atoms with Crippen LogP contribution in [0.15, 0.2) is 77.9 Å². The first-order valence-corrected chi connectivity index (χ1v) is 20.4. The molecule has 2 aromatic heterocycles. The maximum absolute atomic E-state index is 15.2. The Kier molecular flexibility index (Phi) is 11.8. The zero-order chi connectivity index (χ0) is 40.2. The summed E-state index contributed by atoms with van der Waals surface area (Å²) in [6.07, 6.45) is 8.56. The zero-order valence-corrected chi connectivity index (χ0v) is 32.4. The van der Waals surface area contributed by atoms with Gasteiger partial charge in [0.15, 0.2) is 5.82 Å². The number of hydrogen-bond donors (Lipinski definition) is 3. The van der Waals surface area contributed by atoms with Crippen molar-refractivity contribution in [3.05, 3.63) is 101 Å². The monoisotopic (exact) mass is 793 g/mol. The first-order chi connectivity index (χ1) is 28.2. The van der Waals surface area contributed by atoms with Gasteiger partial charge in [-0.05, 0) is 106 Å². The molecule has 0 radical (unpaired) electrons. The van der Waals surface area contributed by atoms with E-state index in [1.807, 2.05) is 21.9 Å². The number of nitrogens with zero attached hydrogens (tertiary/aromatic N) is 6. The fourth-order valence-corrected chi connectivity index (χ4v) is 8.76. The third-order valence-electron chi connectivity index (χ3n) is 12.1. The summed E-state index contributed by atoms with van der Waals surface area (Å²) in [5.74, 6) is -0.528. The van der Waals surface area contributed by atoms with E-state index in [0.717, 1.165) is 64.6 Å². The van der Waals surface area contributed by atoms with E-state index in [1.165, 1.54) is 16.7 Å². The number of benzene rings is 2. The Balaban J connectivity index is 0.761. The van der Waals surface area contributed by atoms with Gasteiger partial charge in [-0.15, -0.1) is 0 Å². The first kappa shape index (κ1) is 39.1. The molecule has 304 valence electrons. The number of urea groups is 1. The largest absolute Gasteiger partial charge is 0.374 e. The highest BCUT2D eigenvalue weighted by molar-refractivity contribution is 6.01. The molecule has 4 aromatic rings. The average molecular weight is 794 g/mol. The van der Waals surface area contributed by atoms with Crippen LogP contribution in [0.4, 0.5) is 25.2 Å². The van der Waals surface area contributed by atoms with Gasteiger partial charge < -0.3 is 25.3 Å². The number of pyridine rings is 1. The minimum absolute atomic E-state index is 0.0318. The van der Waals surface area contributed by atoms with Crippen molar-refractivity contribution in [2.24, 2.45) is 5.92 Å². The lowest BCUT2D eigenvalue weighted by atomic mass is 9.88. The van der Waals surface area contributed by atoms with E-state index in [4.69, 9.17) is 0 Å². The van der Waals surface area contributed by atoms with Crippen molar-refractivity contribution in [1.82, 2.24) is 34.6 Å². The van der Waals surface area contributed by atoms with Gasteiger partial charge in [-0.2, -0.15) is 0 Å². The Bertz CT molecular complexity index is 2190. The Labute approximate surface area is 335 Å². The van der Waals surface area contributed by atoms with Gasteiger partial charge in [0.05, 0.1) is 6.20 Å². The van der Waals surface area contributed by atoms with E-state index >= 15 is 4.39 Å². The van der Waals surface area contributed by atoms with Crippen LogP contribution in [-0.4, -0.2) is 105 Å². The number of likely N-dealkylation sites (tertiary alicyclic amines) is 3. The smallest absolute Gasteiger partial charge is 0.320 e. The molecule has 4 aliphatic heterocycles. The van der Waals surface area contributed by atoms with E-state index in [-0.39, 0.29) is 53.3 Å². The molecule has 3 N–H and O–H groups in total. The molecule has 0 spiro atoms. The van der Waals surface area contributed by atoms with Gasteiger partial charge in [0, 0.05) is 74.4 Å². The topological polar surface area (TPSA) is 145 Å². The van der Waals surface area contributed by atoms with Gasteiger partial charge in [0.25, 0.3) is 5.56 Å². The molecule has 1 atom stereocenters. The van der Waals surface area contributed by atoms with Crippen LogP contribution in [0.1, 0.15) is 62.8 Å². The molecule has 0 aliphatic carbocycles. The van der Waals surface area contributed by atoms with E-state index in [1.54, 1.807) is 42.6 Å². The number of amides is 4. The molecule has 4 amide bonds. The predicted octanol–water partition coefficient (Wildman–Crippen LogP) is 5.38. The van der Waals surface area contributed by atoms with Crippen molar-refractivity contribution in [1.29, 1.82) is 0 Å². The molecule has 58 heavy (non-hydrogen) atoms. The van der Waals surface area contributed by atoms with E-state index in [2.05, 4.69) is 30.8 Å². The molecule has 8 rings (SSSR count). The molecule has 0 saturated carbocycles. The quantitative estimate of drug-likeness (QED) is 0.191. The average Bonchev–Trinajstić information content (AvgIpc) is 3.23. The van der Waals surface area contributed by atoms with Crippen LogP contribution in [0.2, 0.25) is 0 Å². The van der Waals surface area contributed by atoms with Crippen LogP contribution in [-0.2, 0) is 9.59 Å². The second-order valence-electron chi connectivity index (χ2n) is 15.9. The molecule has 4 saturated heterocycles. The normalized spacial score (nSPS) is 20.2. The van der Waals surface area contributed by atoms with Gasteiger partial charge in [0.2, 0.25) is 17.8 Å². The Morgan fingerprint density at radius 1 is 0.793 bits per heavy atom. The van der Waals surface area contributed by atoms with Crippen molar-refractivity contribution >= 4 is 29.5 Å². The van der Waals surface area contributed by atoms with Crippen LogP contribution in [0.3, 0.4) is 0 Å². The van der Waals surface area contributed by atoms with Crippen molar-refractivity contribution in [3.8, 4) is 16.9 Å². The summed E-state index contributed by atoms with van der Waals surface area (Å²) < 4.78 is 31.7. The summed E-state index contributed by atoms with van der Waals surface area (Å²) in [6, 6.07) is 16.6. The molecule has 4 aliphatic rings. The molecular formula is C43H49F2N9O4. The highest BCUT2D eigenvalue weighted by Crippen LogP contribution is 2.33. The number of carbonyl (C=O) groups excluding carboxylic acids is 3. The van der Waals surface area contributed by atoms with E-state index in [0.29, 0.717) is 66.7 Å². The highest BCUT2D eigenvalue weighted by Gasteiger charge is 2.32. The lowest BCUT2D eigenvalue weighted by molar-refractivity contribution is -0.133. The van der Waals surface area contributed by atoms with Crippen LogP contribution in [0.5, 0.6) is 0 Å². The maximum atomic E-state index is 15.2. The van der Waals surface area contributed by atoms with Gasteiger partial charge in [0.1, 0.15) is 17.6 Å². The Morgan fingerprint density at radius 3 is 2.28 bits per heavy atom. The summed E-state index contributed by atoms with van der Waals surface area (Å²) in [5.41, 5.74) is 2.34. The van der Waals surface area contributed by atoms with Crippen LogP contribution in [0, 0.1) is 17.6 Å². The summed E-state index contributed by atoms with van der Waals surface area (Å²) in [6.45, 7) is 5.45. The Hall–Kier alpha value is -5.70. The standard InChI is InChI=1S/C43H49F2N9O4/c44-35-25-32(47-37-9-10-38(55)49-41(37)57)7-8-34(35)29-13-18-51(19-14-29)27-28-11-20-52(21-12-28)43(58)53-22-15-31(16-23-53)48-42-46-26-36(45)40(50-42)30-4-3-5-33(24-30)54-17-2-1-6-39(54)56/h1-8,17,24-26,28-29,31,37,47H,9-16,18-23,27H2,(H,46,48,50)(H,49,55,57). The molecule has 0 bridgehead atoms. The Morgan fingerprint density at radius 2 is 1.55 bits per heavy atom. The minimum atomic E-state index is -0.559. The summed E-state index contributed by atoms with van der Waals surface area (Å²) >= 11 is 0. The second kappa shape index (κ2) is 17.4. The number of carbonyl (C=O) groups is 3.